The Hall–Kier alpha value is -2.83. The highest BCUT2D eigenvalue weighted by atomic mass is 16.5. The maximum atomic E-state index is 12.7. The molecule has 0 bridgehead atoms. The van der Waals surface area contributed by atoms with Crippen molar-refractivity contribution in [1.29, 1.82) is 0 Å². The van der Waals surface area contributed by atoms with Crippen LogP contribution in [0.4, 0.5) is 4.79 Å². The van der Waals surface area contributed by atoms with Gasteiger partial charge in [0.25, 0.3) is 5.56 Å². The van der Waals surface area contributed by atoms with E-state index >= 15 is 0 Å². The summed E-state index contributed by atoms with van der Waals surface area (Å²) in [6.07, 6.45) is 0. The first-order valence-corrected chi connectivity index (χ1v) is 8.64. The molecule has 0 unspecified atom stereocenters. The zero-order valence-corrected chi connectivity index (χ0v) is 15.0. The van der Waals surface area contributed by atoms with Crippen molar-refractivity contribution >= 4 is 22.8 Å². The summed E-state index contributed by atoms with van der Waals surface area (Å²) < 4.78 is 7.87. The van der Waals surface area contributed by atoms with Crippen molar-refractivity contribution < 1.29 is 14.3 Å². The van der Waals surface area contributed by atoms with Crippen molar-refractivity contribution in [3.8, 4) is 5.75 Å². The van der Waals surface area contributed by atoms with E-state index in [0.29, 0.717) is 5.75 Å². The second-order valence-corrected chi connectivity index (χ2v) is 7.96. The summed E-state index contributed by atoms with van der Waals surface area (Å²) in [4.78, 5) is 37.0. The van der Waals surface area contributed by atoms with Crippen molar-refractivity contribution in [1.82, 2.24) is 15.2 Å². The Kier molecular flexibility index (Phi) is 2.54. The van der Waals surface area contributed by atoms with Crippen LogP contribution in [0.2, 0.25) is 0 Å². The van der Waals surface area contributed by atoms with Crippen molar-refractivity contribution in [2.24, 2.45) is 12.5 Å². The number of aromatic nitrogens is 1. The number of rotatable bonds is 0. The van der Waals surface area contributed by atoms with E-state index in [2.05, 4.69) is 10.6 Å². The van der Waals surface area contributed by atoms with Crippen LogP contribution in [0, 0.1) is 12.3 Å². The number of amides is 3. The molecule has 4 atom stereocenters. The van der Waals surface area contributed by atoms with E-state index in [1.807, 2.05) is 32.9 Å². The van der Waals surface area contributed by atoms with Crippen LogP contribution in [0.15, 0.2) is 23.0 Å². The molecule has 26 heavy (non-hydrogen) atoms. The van der Waals surface area contributed by atoms with Gasteiger partial charge in [0.1, 0.15) is 11.4 Å². The van der Waals surface area contributed by atoms with Crippen molar-refractivity contribution in [3.05, 3.63) is 39.7 Å². The predicted molar refractivity (Wildman–Crippen MR) is 94.3 cm³/mol. The van der Waals surface area contributed by atoms with Crippen molar-refractivity contribution in [3.63, 3.8) is 0 Å². The summed E-state index contributed by atoms with van der Waals surface area (Å²) in [5.74, 6) is 0.106. The minimum atomic E-state index is -0.831. The average Bonchev–Trinajstić information content (AvgIpc) is 2.85. The minimum absolute atomic E-state index is 0.0978. The maximum absolute atomic E-state index is 12.7. The molecule has 0 spiro atoms. The van der Waals surface area contributed by atoms with Gasteiger partial charge in [0.2, 0.25) is 5.91 Å². The normalized spacial score (nSPS) is 34.2. The molecule has 1 saturated heterocycles. The van der Waals surface area contributed by atoms with Gasteiger partial charge in [-0.15, -0.1) is 0 Å². The molecular formula is C19H19N3O4. The van der Waals surface area contributed by atoms with E-state index in [1.54, 1.807) is 17.7 Å². The van der Waals surface area contributed by atoms with Crippen LogP contribution >= 0.6 is 0 Å². The van der Waals surface area contributed by atoms with Gasteiger partial charge in [0.15, 0.2) is 0 Å². The summed E-state index contributed by atoms with van der Waals surface area (Å²) in [6, 6.07) is 4.54. The Balaban J connectivity index is 1.84. The Bertz CT molecular complexity index is 1100. The first-order chi connectivity index (χ1) is 12.2. The van der Waals surface area contributed by atoms with Crippen molar-refractivity contribution in [2.45, 2.75) is 38.3 Å². The summed E-state index contributed by atoms with van der Waals surface area (Å²) in [5.41, 5.74) is 0.908. The molecule has 7 nitrogen and oxygen atoms in total. The fraction of sp³-hybridized carbons (Fsp3) is 0.421. The van der Waals surface area contributed by atoms with Gasteiger partial charge in [-0.05, 0) is 38.5 Å². The van der Waals surface area contributed by atoms with Gasteiger partial charge < -0.3 is 14.6 Å². The molecule has 7 heteroatoms. The van der Waals surface area contributed by atoms with E-state index in [1.165, 1.54) is 0 Å². The number of ether oxygens (including phenoxy) is 1. The van der Waals surface area contributed by atoms with Crippen LogP contribution in [0.3, 0.4) is 0 Å². The Morgan fingerprint density at radius 1 is 1.19 bits per heavy atom. The van der Waals surface area contributed by atoms with Crippen LogP contribution in [-0.4, -0.2) is 28.1 Å². The number of nitrogens with zero attached hydrogens (tertiary/aromatic N) is 1. The number of pyridine rings is 1. The van der Waals surface area contributed by atoms with Crippen molar-refractivity contribution in [2.75, 3.05) is 0 Å². The Labute approximate surface area is 149 Å². The van der Waals surface area contributed by atoms with Gasteiger partial charge in [0.05, 0.1) is 17.0 Å². The minimum Gasteiger partial charge on any atom is -0.484 e. The fourth-order valence-corrected chi connectivity index (χ4v) is 5.44. The number of carbonyl (C=O) groups is 2. The monoisotopic (exact) mass is 353 g/mol. The first kappa shape index (κ1) is 15.4. The fourth-order valence-electron chi connectivity index (χ4n) is 5.44. The van der Waals surface area contributed by atoms with Gasteiger partial charge in [-0.3, -0.25) is 14.9 Å². The second-order valence-electron chi connectivity index (χ2n) is 7.96. The molecule has 3 aliphatic rings. The predicted octanol–water partition coefficient (Wildman–Crippen LogP) is 1.31. The lowest BCUT2D eigenvalue weighted by Gasteiger charge is -2.62. The van der Waals surface area contributed by atoms with Crippen LogP contribution < -0.4 is 20.9 Å². The molecule has 1 saturated carbocycles. The lowest BCUT2D eigenvalue weighted by atomic mass is 9.46. The third-order valence-corrected chi connectivity index (χ3v) is 6.56. The second kappa shape index (κ2) is 4.28. The van der Waals surface area contributed by atoms with E-state index in [-0.39, 0.29) is 17.4 Å². The summed E-state index contributed by atoms with van der Waals surface area (Å²) in [5, 5.41) is 6.20. The molecular weight excluding hydrogens is 334 g/mol. The van der Waals surface area contributed by atoms with E-state index < -0.39 is 23.1 Å². The number of nitrogens with one attached hydrogen (secondary N) is 2. The van der Waals surface area contributed by atoms with E-state index in [9.17, 15) is 14.4 Å². The highest BCUT2D eigenvalue weighted by Gasteiger charge is 2.77. The van der Waals surface area contributed by atoms with Gasteiger partial charge >= 0.3 is 6.03 Å². The number of hydrogen-bond acceptors (Lipinski definition) is 4. The molecule has 3 heterocycles. The Morgan fingerprint density at radius 2 is 1.92 bits per heavy atom. The smallest absolute Gasteiger partial charge is 0.321 e. The maximum Gasteiger partial charge on any atom is 0.321 e. The number of urea groups is 1. The van der Waals surface area contributed by atoms with E-state index in [0.717, 1.165) is 22.0 Å². The lowest BCUT2D eigenvalue weighted by molar-refractivity contribution is -0.168. The summed E-state index contributed by atoms with van der Waals surface area (Å²) in [7, 11) is 1.74. The van der Waals surface area contributed by atoms with Crippen LogP contribution in [0.1, 0.15) is 30.9 Å². The molecule has 134 valence electrons. The van der Waals surface area contributed by atoms with Gasteiger partial charge in [-0.25, -0.2) is 4.79 Å². The van der Waals surface area contributed by atoms with Gasteiger partial charge in [0, 0.05) is 30.0 Å². The largest absolute Gasteiger partial charge is 0.484 e. The molecule has 0 radical (unpaired) electrons. The number of imide groups is 1. The summed E-state index contributed by atoms with van der Waals surface area (Å²) >= 11 is 0. The number of fused-ring (bicyclic) bond motifs is 8. The molecule has 1 aromatic heterocycles. The number of carbonyl (C=O) groups excluding carboxylic acids is 2. The summed E-state index contributed by atoms with van der Waals surface area (Å²) in [6.45, 7) is 5.68. The molecule has 2 N–H and O–H groups in total. The standard InChI is InChI=1S/C19H19N3O4/c1-8-7-11(23)22(4)13-9(8)5-6-10-12(13)14-18(2)15(19(14,3)26-10)20-17(25)21-16(18)24/h5-7,14-15H,1-4H3,(H2,20,21,24,25)/t14-,15+,18+,19-/m0/s1. The number of aryl methyl sites for hydroxylation is 2. The van der Waals surface area contributed by atoms with E-state index in [4.69, 9.17) is 4.74 Å². The zero-order valence-electron chi connectivity index (χ0n) is 15.0. The first-order valence-electron chi connectivity index (χ1n) is 8.64. The third-order valence-electron chi connectivity index (χ3n) is 6.56. The Morgan fingerprint density at radius 3 is 2.65 bits per heavy atom. The molecule has 2 aromatic rings. The third kappa shape index (κ3) is 1.45. The number of hydrogen-bond donors (Lipinski definition) is 2. The van der Waals surface area contributed by atoms with Crippen LogP contribution in [-0.2, 0) is 11.8 Å². The topological polar surface area (TPSA) is 89.4 Å². The SMILES string of the molecule is Cc1cc(=O)n(C)c2c3c(ccc12)O[C@@]1(C)[C@@H]3[C@@]2(C)C(=O)NC(=O)N[C@@H]12. The average molecular weight is 353 g/mol. The molecule has 5 rings (SSSR count). The van der Waals surface area contributed by atoms with Crippen LogP contribution in [0.5, 0.6) is 5.75 Å². The molecule has 1 aliphatic carbocycles. The number of benzene rings is 1. The molecule has 3 amide bonds. The van der Waals surface area contributed by atoms with Gasteiger partial charge in [-0.1, -0.05) is 0 Å². The molecule has 2 fully saturated rings. The highest BCUT2D eigenvalue weighted by Crippen LogP contribution is 2.67. The quantitative estimate of drug-likeness (QED) is 0.747. The van der Waals surface area contributed by atoms with Crippen LogP contribution in [0.25, 0.3) is 10.9 Å². The highest BCUT2D eigenvalue weighted by molar-refractivity contribution is 6.04. The molecule has 2 aliphatic heterocycles. The van der Waals surface area contributed by atoms with Gasteiger partial charge in [-0.2, -0.15) is 0 Å². The molecule has 1 aromatic carbocycles. The zero-order chi connectivity index (χ0) is 18.6. The lowest BCUT2D eigenvalue weighted by Crippen LogP contribution is -2.82.